The van der Waals surface area contributed by atoms with E-state index in [1.165, 1.54) is 75.4 Å². The molecule has 1 aromatic heterocycles. The number of hydrogen-bond acceptors (Lipinski definition) is 14. The first-order chi connectivity index (χ1) is 21.7. The number of carboxylic acid groups (broad SMARTS) is 1. The number of aromatic nitrogens is 2. The fourth-order valence-corrected chi connectivity index (χ4v) is 11.7. The van der Waals surface area contributed by atoms with E-state index in [-0.39, 0.29) is 29.2 Å². The van der Waals surface area contributed by atoms with Crippen molar-refractivity contribution >= 4 is 93.9 Å². The van der Waals surface area contributed by atoms with Crippen molar-refractivity contribution in [3.8, 4) is 5.75 Å². The number of carbonyl (C=O) groups is 5. The highest BCUT2D eigenvalue weighted by Crippen LogP contribution is 2.52. The third-order valence-corrected chi connectivity index (χ3v) is 14.0. The second-order valence-electron chi connectivity index (χ2n) is 10.3. The van der Waals surface area contributed by atoms with Crippen LogP contribution < -0.4 is 20.9 Å². The maximum absolute atomic E-state index is 14.5. The minimum Gasteiger partial charge on any atom is -0.506 e. The number of amides is 6. The fraction of sp³-hybridized carbons (Fsp3) is 0.400. The molecule has 6 heterocycles. The summed E-state index contributed by atoms with van der Waals surface area (Å²) in [6.45, 7) is 0.348. The van der Waals surface area contributed by atoms with Crippen LogP contribution in [0.15, 0.2) is 39.3 Å². The van der Waals surface area contributed by atoms with E-state index in [9.17, 15) is 34.2 Å². The molecule has 2 bridgehead atoms. The summed E-state index contributed by atoms with van der Waals surface area (Å²) in [4.78, 5) is 70.2. The quantitative estimate of drug-likeness (QED) is 0.194. The molecule has 2 aromatic rings. The largest absolute Gasteiger partial charge is 0.506 e. The summed E-state index contributed by atoms with van der Waals surface area (Å²) in [5.74, 6) is -0.538. The number of nitrogens with one attached hydrogen (secondary N) is 3. The highest BCUT2D eigenvalue weighted by atomic mass is 32.2. The van der Waals surface area contributed by atoms with Gasteiger partial charge in [-0.3, -0.25) is 14.5 Å². The number of aromatic hydroxyl groups is 1. The number of β-lactam (4-membered cyclic amide) rings is 1. The first kappa shape index (κ1) is 30.3. The van der Waals surface area contributed by atoms with Crippen LogP contribution in [-0.4, -0.2) is 112 Å². The molecule has 2 unspecified atom stereocenters. The van der Waals surface area contributed by atoms with E-state index in [1.54, 1.807) is 16.5 Å². The Balaban J connectivity index is 1.19. The SMILES string of the molecule is O=C(O)C1=C(CSc2nncs2)CS[C@H]2C(NC(=O)C3(NC(=O)N4CCNC4=O)c4ccc(O)c(c4)N3C3SCCS3)C(=O)N12. The minimum atomic E-state index is -1.92. The van der Waals surface area contributed by atoms with Gasteiger partial charge in [-0.15, -0.1) is 45.5 Å². The number of carbonyl (C=O) groups excluding carboxylic acids is 4. The molecule has 45 heavy (non-hydrogen) atoms. The highest BCUT2D eigenvalue weighted by Gasteiger charge is 2.60. The Bertz CT molecular complexity index is 1640. The van der Waals surface area contributed by atoms with Gasteiger partial charge in [0.15, 0.2) is 4.34 Å². The van der Waals surface area contributed by atoms with E-state index in [1.807, 2.05) is 0 Å². The fourth-order valence-electron chi connectivity index (χ4n) is 5.76. The molecule has 6 amide bonds. The molecule has 15 nitrogen and oxygen atoms in total. The molecule has 3 atom stereocenters. The number of phenols is 1. The number of thioether (sulfide) groups is 4. The van der Waals surface area contributed by atoms with Crippen molar-refractivity contribution in [1.29, 1.82) is 0 Å². The molecular formula is C25H24N8O7S5. The molecule has 0 spiro atoms. The molecule has 0 radical (unpaired) electrons. The molecule has 236 valence electrons. The van der Waals surface area contributed by atoms with Gasteiger partial charge in [0.2, 0.25) is 5.66 Å². The molecule has 20 heteroatoms. The zero-order valence-electron chi connectivity index (χ0n) is 23.0. The maximum atomic E-state index is 14.5. The molecule has 0 aliphatic carbocycles. The molecule has 0 saturated carbocycles. The van der Waals surface area contributed by atoms with Gasteiger partial charge in [-0.25, -0.2) is 19.3 Å². The van der Waals surface area contributed by atoms with E-state index < -0.39 is 46.9 Å². The lowest BCUT2D eigenvalue weighted by atomic mass is 9.98. The number of phenolic OH excluding ortho intramolecular Hbond substituents is 1. The van der Waals surface area contributed by atoms with Crippen LogP contribution >= 0.6 is 58.4 Å². The number of benzene rings is 1. The van der Waals surface area contributed by atoms with E-state index in [2.05, 4.69) is 26.1 Å². The number of imide groups is 1. The topological polar surface area (TPSA) is 197 Å². The Kier molecular flexibility index (Phi) is 7.95. The van der Waals surface area contributed by atoms with Crippen molar-refractivity contribution in [2.75, 3.05) is 41.0 Å². The van der Waals surface area contributed by atoms with Crippen LogP contribution in [0.3, 0.4) is 0 Å². The standard InChI is InChI=1S/C25H24N8O7S5/c34-14-2-1-12-7-13(14)33(24-41-5-6-42-24)25(12,29-22(40)31-4-3-26-21(31)39)20(38)28-15-17(35)32-16(19(36)37)11(8-43-18(15)32)9-44-23-30-27-10-45-23/h1-2,7,10,15,18,24,34H,3-6,8-9H2,(H,26,39)(H,28,38)(H,29,40)(H,36,37)/t15?,18-,25?/m0/s1. The summed E-state index contributed by atoms with van der Waals surface area (Å²) < 4.78 is 0.286. The van der Waals surface area contributed by atoms with Crippen LogP contribution in [0.2, 0.25) is 0 Å². The number of anilines is 1. The number of hydrogen-bond donors (Lipinski definition) is 5. The molecule has 3 fully saturated rings. The van der Waals surface area contributed by atoms with Gasteiger partial charge < -0.3 is 31.1 Å². The molecule has 5 aliphatic rings. The number of rotatable bonds is 8. The summed E-state index contributed by atoms with van der Waals surface area (Å²) in [5, 5.41) is 36.1. The third kappa shape index (κ3) is 4.97. The van der Waals surface area contributed by atoms with Gasteiger partial charge in [-0.05, 0) is 17.7 Å². The summed E-state index contributed by atoms with van der Waals surface area (Å²) in [7, 11) is 0. The van der Waals surface area contributed by atoms with Crippen LogP contribution in [0.1, 0.15) is 5.56 Å². The Labute approximate surface area is 276 Å². The average Bonchev–Trinajstić information content (AvgIpc) is 3.84. The van der Waals surface area contributed by atoms with E-state index in [4.69, 9.17) is 0 Å². The van der Waals surface area contributed by atoms with Crippen molar-refractivity contribution in [3.63, 3.8) is 0 Å². The van der Waals surface area contributed by atoms with Crippen LogP contribution in [0, 0.1) is 0 Å². The summed E-state index contributed by atoms with van der Waals surface area (Å²) in [5.41, 5.74) is 0.763. The Morgan fingerprint density at radius 3 is 2.67 bits per heavy atom. The molecule has 1 aromatic carbocycles. The number of fused-ring (bicyclic) bond motifs is 3. The molecular weight excluding hydrogens is 685 g/mol. The molecule has 5 N–H and O–H groups in total. The highest BCUT2D eigenvalue weighted by molar-refractivity contribution is 8.20. The van der Waals surface area contributed by atoms with Crippen molar-refractivity contribution in [3.05, 3.63) is 40.5 Å². The van der Waals surface area contributed by atoms with Crippen LogP contribution in [-0.2, 0) is 20.0 Å². The van der Waals surface area contributed by atoms with E-state index in [0.29, 0.717) is 32.7 Å². The first-order valence-corrected chi connectivity index (χ1v) is 18.6. The van der Waals surface area contributed by atoms with Gasteiger partial charge in [-0.1, -0.05) is 29.2 Å². The third-order valence-electron chi connectivity index (χ3n) is 7.79. The lowest BCUT2D eigenvalue weighted by Crippen LogP contribution is -2.75. The van der Waals surface area contributed by atoms with Gasteiger partial charge in [0.05, 0.1) is 5.69 Å². The van der Waals surface area contributed by atoms with Gasteiger partial charge in [0, 0.05) is 41.7 Å². The summed E-state index contributed by atoms with van der Waals surface area (Å²) in [6, 6.07) is 2.05. The normalized spacial score (nSPS) is 25.7. The van der Waals surface area contributed by atoms with E-state index >= 15 is 0 Å². The molecule has 7 rings (SSSR count). The number of urea groups is 2. The number of nitrogens with zero attached hydrogens (tertiary/aromatic N) is 5. The predicted molar refractivity (Wildman–Crippen MR) is 170 cm³/mol. The summed E-state index contributed by atoms with van der Waals surface area (Å²) >= 11 is 7.06. The van der Waals surface area contributed by atoms with Crippen molar-refractivity contribution in [2.24, 2.45) is 0 Å². The van der Waals surface area contributed by atoms with Crippen LogP contribution in [0.4, 0.5) is 15.3 Å². The van der Waals surface area contributed by atoms with Gasteiger partial charge in [0.1, 0.15) is 33.1 Å². The second-order valence-corrected chi connectivity index (χ2v) is 16.1. The monoisotopic (exact) mass is 708 g/mol. The smallest absolute Gasteiger partial charge is 0.352 e. The minimum absolute atomic E-state index is 0.0941. The van der Waals surface area contributed by atoms with E-state index in [0.717, 1.165) is 16.4 Å². The zero-order valence-corrected chi connectivity index (χ0v) is 27.1. The Hall–Kier alpha value is -3.33. The number of aliphatic carboxylic acids is 1. The van der Waals surface area contributed by atoms with Crippen molar-refractivity contribution in [1.82, 2.24) is 35.9 Å². The predicted octanol–water partition coefficient (Wildman–Crippen LogP) is 1.25. The Morgan fingerprint density at radius 2 is 1.98 bits per heavy atom. The first-order valence-electron chi connectivity index (χ1n) is 13.5. The van der Waals surface area contributed by atoms with Gasteiger partial charge in [-0.2, -0.15) is 0 Å². The average molecular weight is 709 g/mol. The maximum Gasteiger partial charge on any atom is 0.352 e. The summed E-state index contributed by atoms with van der Waals surface area (Å²) in [6.07, 6.45) is 0. The molecule has 3 saturated heterocycles. The zero-order chi connectivity index (χ0) is 31.5. The van der Waals surface area contributed by atoms with Gasteiger partial charge >= 0.3 is 18.0 Å². The Morgan fingerprint density at radius 1 is 1.18 bits per heavy atom. The van der Waals surface area contributed by atoms with Crippen molar-refractivity contribution in [2.45, 2.75) is 26.1 Å². The number of carboxylic acids is 1. The van der Waals surface area contributed by atoms with Crippen LogP contribution in [0.5, 0.6) is 5.75 Å². The second kappa shape index (κ2) is 11.8. The lowest BCUT2D eigenvalue weighted by molar-refractivity contribution is -0.151. The van der Waals surface area contributed by atoms with Crippen molar-refractivity contribution < 1.29 is 34.2 Å². The molecule has 5 aliphatic heterocycles. The van der Waals surface area contributed by atoms with Gasteiger partial charge in [0.25, 0.3) is 11.8 Å². The lowest BCUT2D eigenvalue weighted by Gasteiger charge is -2.51. The van der Waals surface area contributed by atoms with Crippen LogP contribution in [0.25, 0.3) is 0 Å².